The van der Waals surface area contributed by atoms with Crippen LogP contribution >= 0.6 is 0 Å². The Bertz CT molecular complexity index is 1030. The van der Waals surface area contributed by atoms with E-state index in [4.69, 9.17) is 10.5 Å². The Labute approximate surface area is 158 Å². The van der Waals surface area contributed by atoms with Crippen LogP contribution in [-0.2, 0) is 13.5 Å². The lowest BCUT2D eigenvalue weighted by atomic mass is 9.90. The molecular weight excluding hydrogens is 338 g/mol. The van der Waals surface area contributed by atoms with Crippen LogP contribution < -0.4 is 10.5 Å². The molecule has 1 aromatic carbocycles. The third-order valence-corrected chi connectivity index (χ3v) is 4.97. The molecule has 6 heteroatoms. The number of hydrogen-bond acceptors (Lipinski definition) is 5. The number of hydrogen-bond donors (Lipinski definition) is 1. The van der Waals surface area contributed by atoms with Crippen molar-refractivity contribution in [1.82, 2.24) is 14.8 Å². The van der Waals surface area contributed by atoms with Crippen LogP contribution in [0.3, 0.4) is 0 Å². The predicted molar refractivity (Wildman–Crippen MR) is 103 cm³/mol. The Morgan fingerprint density at radius 3 is 2.59 bits per heavy atom. The van der Waals surface area contributed by atoms with E-state index in [1.807, 2.05) is 37.5 Å². The molecule has 6 nitrogen and oxygen atoms in total. The number of ether oxygens (including phenoxy) is 1. The number of aromatic nitrogens is 3. The van der Waals surface area contributed by atoms with Gasteiger partial charge in [-0.25, -0.2) is 4.98 Å². The Morgan fingerprint density at radius 2 is 2.04 bits per heavy atom. The van der Waals surface area contributed by atoms with Crippen LogP contribution in [0.2, 0.25) is 0 Å². The minimum absolute atomic E-state index is 0.303. The first kappa shape index (κ1) is 17.1. The number of nitrogens with zero attached hydrogens (tertiary/aromatic N) is 4. The molecule has 0 aliphatic heterocycles. The minimum atomic E-state index is 0.303. The van der Waals surface area contributed by atoms with Gasteiger partial charge in [0, 0.05) is 30.3 Å². The highest BCUT2D eigenvalue weighted by atomic mass is 16.5. The second kappa shape index (κ2) is 6.76. The molecule has 2 heterocycles. The lowest BCUT2D eigenvalue weighted by Gasteiger charge is -2.17. The van der Waals surface area contributed by atoms with Gasteiger partial charge in [0.15, 0.2) is 0 Å². The molecule has 0 spiro atoms. The van der Waals surface area contributed by atoms with Crippen LogP contribution in [0.15, 0.2) is 36.7 Å². The molecule has 2 aromatic heterocycles. The van der Waals surface area contributed by atoms with E-state index >= 15 is 0 Å². The number of benzene rings is 1. The zero-order valence-electron chi connectivity index (χ0n) is 15.4. The van der Waals surface area contributed by atoms with Crippen molar-refractivity contribution in [2.75, 3.05) is 12.8 Å². The summed E-state index contributed by atoms with van der Waals surface area (Å²) in [5.41, 5.74) is 11.6. The van der Waals surface area contributed by atoms with E-state index in [1.165, 1.54) is 0 Å². The molecule has 3 aromatic rings. The molecule has 0 unspecified atom stereocenters. The van der Waals surface area contributed by atoms with Gasteiger partial charge in [0.05, 0.1) is 19.0 Å². The molecule has 0 bridgehead atoms. The highest BCUT2D eigenvalue weighted by Crippen LogP contribution is 2.45. The number of nitrogen functional groups attached to an aromatic ring is 1. The number of pyridine rings is 1. The first-order chi connectivity index (χ1) is 13.1. The van der Waals surface area contributed by atoms with Crippen molar-refractivity contribution in [2.45, 2.75) is 25.2 Å². The van der Waals surface area contributed by atoms with E-state index in [0.29, 0.717) is 23.7 Å². The summed E-state index contributed by atoms with van der Waals surface area (Å²) in [6.45, 7) is 0. The highest BCUT2D eigenvalue weighted by Gasteiger charge is 2.31. The molecule has 0 saturated heterocycles. The van der Waals surface area contributed by atoms with Gasteiger partial charge in [-0.3, -0.25) is 4.68 Å². The van der Waals surface area contributed by atoms with E-state index in [2.05, 4.69) is 16.2 Å². The van der Waals surface area contributed by atoms with E-state index in [1.54, 1.807) is 18.0 Å². The molecule has 27 heavy (non-hydrogen) atoms. The summed E-state index contributed by atoms with van der Waals surface area (Å²) >= 11 is 0. The average Bonchev–Trinajstić information content (AvgIpc) is 3.44. The summed E-state index contributed by atoms with van der Waals surface area (Å²) in [5.74, 6) is 1.54. The Balaban J connectivity index is 1.90. The van der Waals surface area contributed by atoms with Gasteiger partial charge in [-0.05, 0) is 42.5 Å². The van der Waals surface area contributed by atoms with Gasteiger partial charge in [0.2, 0.25) is 0 Å². The van der Waals surface area contributed by atoms with Crippen molar-refractivity contribution < 1.29 is 4.74 Å². The molecule has 4 rings (SSSR count). The normalized spacial score (nSPS) is 13.4. The molecule has 1 aliphatic rings. The standard InChI is InChI=1S/C21H21N5O/c1-26-12-15(11-24-26)19-17(9-13-3-7-16(27-2)8-4-13)20(14-5-6-14)25-21(23)18(19)10-22/h3-4,7-8,11-12,14H,5-6,9H2,1-2H3,(H2,23,25). The van der Waals surface area contributed by atoms with Crippen LogP contribution in [0.5, 0.6) is 5.75 Å². The molecule has 136 valence electrons. The van der Waals surface area contributed by atoms with Gasteiger partial charge in [0.1, 0.15) is 23.2 Å². The number of nitriles is 1. The molecule has 1 fully saturated rings. The number of anilines is 1. The molecule has 0 radical (unpaired) electrons. The molecule has 2 N–H and O–H groups in total. The zero-order valence-corrected chi connectivity index (χ0v) is 15.4. The largest absolute Gasteiger partial charge is 0.497 e. The molecule has 0 amide bonds. The number of aryl methyl sites for hydroxylation is 1. The summed E-state index contributed by atoms with van der Waals surface area (Å²) in [4.78, 5) is 4.63. The van der Waals surface area contributed by atoms with Crippen LogP contribution in [0.4, 0.5) is 5.82 Å². The minimum Gasteiger partial charge on any atom is -0.497 e. The molecule has 1 saturated carbocycles. The smallest absolute Gasteiger partial charge is 0.142 e. The van der Waals surface area contributed by atoms with Crippen LogP contribution in [0, 0.1) is 11.3 Å². The van der Waals surface area contributed by atoms with E-state index in [0.717, 1.165) is 46.5 Å². The fourth-order valence-electron chi connectivity index (χ4n) is 3.46. The predicted octanol–water partition coefficient (Wildman–Crippen LogP) is 3.41. The summed E-state index contributed by atoms with van der Waals surface area (Å²) in [7, 11) is 3.52. The van der Waals surface area contributed by atoms with Crippen molar-refractivity contribution >= 4 is 5.82 Å². The third kappa shape index (κ3) is 3.24. The second-order valence-electron chi connectivity index (χ2n) is 6.92. The zero-order chi connectivity index (χ0) is 19.0. The Kier molecular flexibility index (Phi) is 4.28. The van der Waals surface area contributed by atoms with E-state index < -0.39 is 0 Å². The van der Waals surface area contributed by atoms with Crippen molar-refractivity contribution in [3.8, 4) is 22.9 Å². The number of methoxy groups -OCH3 is 1. The van der Waals surface area contributed by atoms with E-state index in [-0.39, 0.29) is 0 Å². The summed E-state index contributed by atoms with van der Waals surface area (Å²) in [6.07, 6.45) is 6.61. The first-order valence-corrected chi connectivity index (χ1v) is 8.95. The lowest BCUT2D eigenvalue weighted by molar-refractivity contribution is 0.414. The first-order valence-electron chi connectivity index (χ1n) is 8.95. The van der Waals surface area contributed by atoms with Gasteiger partial charge in [-0.1, -0.05) is 12.1 Å². The van der Waals surface area contributed by atoms with Crippen molar-refractivity contribution in [3.05, 3.63) is 59.0 Å². The fourth-order valence-corrected chi connectivity index (χ4v) is 3.46. The van der Waals surface area contributed by atoms with Gasteiger partial charge in [0.25, 0.3) is 0 Å². The topological polar surface area (TPSA) is 89.8 Å². The monoisotopic (exact) mass is 359 g/mol. The number of rotatable bonds is 5. The van der Waals surface area contributed by atoms with Crippen LogP contribution in [-0.4, -0.2) is 21.9 Å². The molecule has 0 atom stereocenters. The Hall–Kier alpha value is -3.33. The van der Waals surface area contributed by atoms with Gasteiger partial charge < -0.3 is 10.5 Å². The third-order valence-electron chi connectivity index (χ3n) is 4.97. The van der Waals surface area contributed by atoms with Crippen LogP contribution in [0.25, 0.3) is 11.1 Å². The molecular formula is C21H21N5O. The Morgan fingerprint density at radius 1 is 1.30 bits per heavy atom. The second-order valence-corrected chi connectivity index (χ2v) is 6.92. The van der Waals surface area contributed by atoms with Gasteiger partial charge in [-0.2, -0.15) is 10.4 Å². The van der Waals surface area contributed by atoms with E-state index in [9.17, 15) is 5.26 Å². The highest BCUT2D eigenvalue weighted by molar-refractivity contribution is 5.79. The average molecular weight is 359 g/mol. The van der Waals surface area contributed by atoms with Gasteiger partial charge in [-0.15, -0.1) is 0 Å². The summed E-state index contributed by atoms with van der Waals surface area (Å²) < 4.78 is 6.99. The fraction of sp³-hybridized carbons (Fsp3) is 0.286. The lowest BCUT2D eigenvalue weighted by Crippen LogP contribution is -2.08. The van der Waals surface area contributed by atoms with Crippen molar-refractivity contribution in [2.24, 2.45) is 7.05 Å². The maximum absolute atomic E-state index is 9.76. The quantitative estimate of drug-likeness (QED) is 0.754. The maximum Gasteiger partial charge on any atom is 0.142 e. The number of nitrogens with two attached hydrogens (primary N) is 1. The molecule has 1 aliphatic carbocycles. The summed E-state index contributed by atoms with van der Waals surface area (Å²) in [5, 5.41) is 14.0. The van der Waals surface area contributed by atoms with Crippen molar-refractivity contribution in [1.29, 1.82) is 5.26 Å². The van der Waals surface area contributed by atoms with Crippen LogP contribution in [0.1, 0.15) is 41.1 Å². The van der Waals surface area contributed by atoms with Gasteiger partial charge >= 0.3 is 0 Å². The van der Waals surface area contributed by atoms with Crippen molar-refractivity contribution in [3.63, 3.8) is 0 Å². The SMILES string of the molecule is COc1ccc(Cc2c(C3CC3)nc(N)c(C#N)c2-c2cnn(C)c2)cc1. The maximum atomic E-state index is 9.76. The summed E-state index contributed by atoms with van der Waals surface area (Å²) in [6, 6.07) is 10.3.